The third-order valence-electron chi connectivity index (χ3n) is 2.66. The van der Waals surface area contributed by atoms with E-state index in [1.54, 1.807) is 25.9 Å². The molecule has 1 saturated heterocycles. The minimum Gasteiger partial charge on any atom is -0.349 e. The number of carbonyl (C=O) groups excluding carboxylic acids is 1. The monoisotopic (exact) mass is 227 g/mol. The lowest BCUT2D eigenvalue weighted by Crippen LogP contribution is -2.50. The highest BCUT2D eigenvalue weighted by Crippen LogP contribution is 2.18. The summed E-state index contributed by atoms with van der Waals surface area (Å²) in [6.07, 6.45) is 3.06. The zero-order valence-electron chi connectivity index (χ0n) is 11.2. The average molecular weight is 227 g/mol. The molecule has 1 rings (SSSR count). The van der Waals surface area contributed by atoms with Gasteiger partial charge in [0.1, 0.15) is 6.04 Å². The fraction of sp³-hybridized carbons (Fsp3) is 0.833. The van der Waals surface area contributed by atoms with Gasteiger partial charge in [0.05, 0.1) is 5.84 Å². The van der Waals surface area contributed by atoms with E-state index in [1.165, 1.54) is 0 Å². The lowest BCUT2D eigenvalue weighted by molar-refractivity contribution is -0.134. The fourth-order valence-corrected chi connectivity index (χ4v) is 1.89. The van der Waals surface area contributed by atoms with Gasteiger partial charge in [0.25, 0.3) is 0 Å². The van der Waals surface area contributed by atoms with Crippen LogP contribution in [0, 0.1) is 5.41 Å². The lowest BCUT2D eigenvalue weighted by Gasteiger charge is -2.36. The summed E-state index contributed by atoms with van der Waals surface area (Å²) in [5.41, 5.74) is 0. The molecule has 1 heterocycles. The first-order valence-corrected chi connectivity index (χ1v) is 6.07. The summed E-state index contributed by atoms with van der Waals surface area (Å²) in [5.74, 6) is 0.626. The lowest BCUT2D eigenvalue weighted by atomic mass is 10.0. The number of amidine groups is 1. The van der Waals surface area contributed by atoms with E-state index in [9.17, 15) is 4.79 Å². The normalized spacial score (nSPS) is 19.6. The largest absolute Gasteiger partial charge is 0.349 e. The molecule has 0 bridgehead atoms. The van der Waals surface area contributed by atoms with E-state index in [2.05, 4.69) is 0 Å². The molecule has 0 aromatic carbocycles. The van der Waals surface area contributed by atoms with Crippen LogP contribution in [0.4, 0.5) is 0 Å². The highest BCUT2D eigenvalue weighted by molar-refractivity contribution is 5.87. The van der Waals surface area contributed by atoms with Crippen molar-refractivity contribution in [2.24, 2.45) is 0 Å². The van der Waals surface area contributed by atoms with Gasteiger partial charge in [0.15, 0.2) is 0 Å². The molecular weight excluding hydrogens is 202 g/mol. The number of hydrogen-bond donors (Lipinski definition) is 1. The van der Waals surface area contributed by atoms with Crippen LogP contribution >= 0.6 is 0 Å². The van der Waals surface area contributed by atoms with E-state index in [1.807, 2.05) is 18.7 Å². The van der Waals surface area contributed by atoms with E-state index in [0.717, 1.165) is 25.8 Å². The number of carbonyl (C=O) groups is 1. The zero-order chi connectivity index (χ0) is 12.7. The van der Waals surface area contributed by atoms with E-state index >= 15 is 0 Å². The quantitative estimate of drug-likeness (QED) is 0.550. The Balaban J connectivity index is 0.00000106. The second kappa shape index (κ2) is 7.25. The number of hydrogen-bond acceptors (Lipinski definition) is 2. The molecule has 4 nitrogen and oxygen atoms in total. The number of likely N-dealkylation sites (tertiary alicyclic amines) is 1. The Labute approximate surface area is 99.1 Å². The number of amides is 1. The Bertz CT molecular complexity index is 238. The summed E-state index contributed by atoms with van der Waals surface area (Å²) in [5, 5.41) is 7.61. The molecule has 1 N–H and O–H groups in total. The van der Waals surface area contributed by atoms with E-state index in [4.69, 9.17) is 5.41 Å². The van der Waals surface area contributed by atoms with Gasteiger partial charge in [0.2, 0.25) is 5.91 Å². The Morgan fingerprint density at radius 1 is 1.31 bits per heavy atom. The van der Waals surface area contributed by atoms with Crippen molar-refractivity contribution in [2.75, 3.05) is 20.6 Å². The third kappa shape index (κ3) is 3.83. The van der Waals surface area contributed by atoms with Crippen LogP contribution in [0.3, 0.4) is 0 Å². The molecule has 0 aliphatic carbocycles. The fourth-order valence-electron chi connectivity index (χ4n) is 1.89. The predicted octanol–water partition coefficient (Wildman–Crippen LogP) is 1.95. The molecule has 0 aromatic heterocycles. The Kier molecular flexibility index (Phi) is 6.77. The molecule has 0 aromatic rings. The highest BCUT2D eigenvalue weighted by atomic mass is 16.2. The summed E-state index contributed by atoms with van der Waals surface area (Å²) in [6.45, 7) is 6.60. The summed E-state index contributed by atoms with van der Waals surface area (Å²) in [4.78, 5) is 15.3. The van der Waals surface area contributed by atoms with E-state index < -0.39 is 0 Å². The van der Waals surface area contributed by atoms with Gasteiger partial charge in [-0.3, -0.25) is 10.2 Å². The molecule has 1 atom stereocenters. The molecule has 1 aliphatic heterocycles. The van der Waals surface area contributed by atoms with Crippen molar-refractivity contribution in [3.63, 3.8) is 0 Å². The van der Waals surface area contributed by atoms with Crippen LogP contribution in [0.5, 0.6) is 0 Å². The van der Waals surface area contributed by atoms with Crippen molar-refractivity contribution in [1.29, 1.82) is 5.41 Å². The maximum atomic E-state index is 11.8. The maximum absolute atomic E-state index is 11.8. The first-order valence-electron chi connectivity index (χ1n) is 6.07. The summed E-state index contributed by atoms with van der Waals surface area (Å²) < 4.78 is 0. The predicted molar refractivity (Wildman–Crippen MR) is 67.8 cm³/mol. The molecule has 1 unspecified atom stereocenters. The van der Waals surface area contributed by atoms with E-state index in [-0.39, 0.29) is 11.9 Å². The van der Waals surface area contributed by atoms with Crippen LogP contribution in [-0.4, -0.2) is 48.2 Å². The van der Waals surface area contributed by atoms with E-state index in [0.29, 0.717) is 5.84 Å². The van der Waals surface area contributed by atoms with Gasteiger partial charge in [-0.2, -0.15) is 0 Å². The Morgan fingerprint density at radius 3 is 2.31 bits per heavy atom. The van der Waals surface area contributed by atoms with Crippen molar-refractivity contribution in [3.05, 3.63) is 0 Å². The topological polar surface area (TPSA) is 47.4 Å². The van der Waals surface area contributed by atoms with Crippen LogP contribution in [0.15, 0.2) is 0 Å². The zero-order valence-corrected chi connectivity index (χ0v) is 11.2. The number of piperidine rings is 1. The van der Waals surface area contributed by atoms with Crippen molar-refractivity contribution in [3.8, 4) is 0 Å². The van der Waals surface area contributed by atoms with Gasteiger partial charge in [-0.05, 0) is 26.2 Å². The summed E-state index contributed by atoms with van der Waals surface area (Å²) in [6, 6.07) is -0.101. The van der Waals surface area contributed by atoms with Crippen LogP contribution < -0.4 is 0 Å². The molecule has 94 valence electrons. The van der Waals surface area contributed by atoms with Gasteiger partial charge in [-0.1, -0.05) is 13.8 Å². The minimum absolute atomic E-state index is 0.101. The summed E-state index contributed by atoms with van der Waals surface area (Å²) >= 11 is 0. The number of nitrogens with zero attached hydrogens (tertiary/aromatic N) is 2. The molecular formula is C12H25N3O. The van der Waals surface area contributed by atoms with Crippen molar-refractivity contribution in [1.82, 2.24) is 9.80 Å². The van der Waals surface area contributed by atoms with Gasteiger partial charge in [-0.15, -0.1) is 0 Å². The van der Waals surface area contributed by atoms with Crippen LogP contribution in [-0.2, 0) is 4.79 Å². The standard InChI is InChI=1S/C10H19N3O.C2H6/c1-8(11)13-7-5-4-6-9(13)10(14)12(2)3;1-2/h9,11H,4-7H2,1-3H3;1-2H3. The van der Waals surface area contributed by atoms with Crippen LogP contribution in [0.2, 0.25) is 0 Å². The smallest absolute Gasteiger partial charge is 0.244 e. The number of nitrogens with one attached hydrogen (secondary N) is 1. The van der Waals surface area contributed by atoms with Gasteiger partial charge in [0, 0.05) is 20.6 Å². The highest BCUT2D eigenvalue weighted by Gasteiger charge is 2.29. The maximum Gasteiger partial charge on any atom is 0.244 e. The summed E-state index contributed by atoms with van der Waals surface area (Å²) in [7, 11) is 3.54. The Morgan fingerprint density at radius 2 is 1.88 bits per heavy atom. The minimum atomic E-state index is -0.101. The molecule has 1 amide bonds. The first-order chi connectivity index (χ1) is 7.54. The second-order valence-electron chi connectivity index (χ2n) is 4.02. The molecule has 0 saturated carbocycles. The van der Waals surface area contributed by atoms with Crippen molar-refractivity contribution < 1.29 is 4.79 Å². The van der Waals surface area contributed by atoms with Gasteiger partial charge < -0.3 is 9.80 Å². The average Bonchev–Trinajstić information content (AvgIpc) is 2.30. The van der Waals surface area contributed by atoms with Crippen molar-refractivity contribution >= 4 is 11.7 Å². The number of likely N-dealkylation sites (N-methyl/N-ethyl adjacent to an activating group) is 1. The molecule has 16 heavy (non-hydrogen) atoms. The van der Waals surface area contributed by atoms with Gasteiger partial charge >= 0.3 is 0 Å². The first kappa shape index (κ1) is 14.9. The molecule has 4 heteroatoms. The van der Waals surface area contributed by atoms with Crippen LogP contribution in [0.1, 0.15) is 40.0 Å². The van der Waals surface area contributed by atoms with Crippen LogP contribution in [0.25, 0.3) is 0 Å². The Hall–Kier alpha value is -1.06. The molecule has 1 aliphatic rings. The van der Waals surface area contributed by atoms with Gasteiger partial charge in [-0.25, -0.2) is 0 Å². The third-order valence-corrected chi connectivity index (χ3v) is 2.66. The molecule has 0 radical (unpaired) electrons. The second-order valence-corrected chi connectivity index (χ2v) is 4.02. The SMILES string of the molecule is CC.CC(=N)N1CCCCC1C(=O)N(C)C. The molecule has 1 fully saturated rings. The van der Waals surface area contributed by atoms with Crippen molar-refractivity contribution in [2.45, 2.75) is 46.1 Å². The molecule has 0 spiro atoms. The number of rotatable bonds is 1.